The first-order chi connectivity index (χ1) is 5.62. The molecule has 2 heterocycles. The van der Waals surface area contributed by atoms with Crippen LogP contribution >= 0.6 is 0 Å². The van der Waals surface area contributed by atoms with Gasteiger partial charge in [-0.15, -0.1) is 0 Å². The Bertz CT molecular complexity index is 212. The predicted molar refractivity (Wildman–Crippen MR) is 50.9 cm³/mol. The van der Waals surface area contributed by atoms with Crippen molar-refractivity contribution in [3.05, 3.63) is 0 Å². The van der Waals surface area contributed by atoms with Gasteiger partial charge in [0.25, 0.3) is 0 Å². The third-order valence-corrected chi connectivity index (χ3v) is 3.80. The zero-order valence-electron chi connectivity index (χ0n) is 8.21. The van der Waals surface area contributed by atoms with Crippen LogP contribution < -0.4 is 0 Å². The van der Waals surface area contributed by atoms with Crippen LogP contribution in [0.1, 0.15) is 19.8 Å². The number of piperidine rings is 1. The monoisotopic (exact) mass is 167 g/mol. The largest absolute Gasteiger partial charge is 0.297 e. The number of fused-ring (bicyclic) bond motifs is 1. The second-order valence-corrected chi connectivity index (χ2v) is 4.73. The fourth-order valence-corrected chi connectivity index (χ4v) is 2.69. The van der Waals surface area contributed by atoms with Gasteiger partial charge in [-0.3, -0.25) is 4.90 Å². The van der Waals surface area contributed by atoms with Crippen LogP contribution in [-0.2, 0) is 0 Å². The molecule has 0 amide bonds. The van der Waals surface area contributed by atoms with E-state index in [-0.39, 0.29) is 0 Å². The van der Waals surface area contributed by atoms with Crippen LogP contribution in [0.2, 0.25) is 0 Å². The Morgan fingerprint density at radius 1 is 1.50 bits per heavy atom. The first kappa shape index (κ1) is 8.24. The molecule has 2 atom stereocenters. The van der Waals surface area contributed by atoms with E-state index in [2.05, 4.69) is 30.2 Å². The Balaban J connectivity index is 2.18. The Labute approximate surface area is 74.9 Å². The summed E-state index contributed by atoms with van der Waals surface area (Å²) in [5.74, 6) is 0. The Hall–Kier alpha value is -0.370. The van der Waals surface area contributed by atoms with Crippen molar-refractivity contribution in [2.75, 3.05) is 26.7 Å². The summed E-state index contributed by atoms with van der Waals surface area (Å²) in [6.07, 6.45) is 2.70. The molecule has 0 aromatic carbocycles. The lowest BCUT2D eigenvalue weighted by Crippen LogP contribution is -2.47. The molecule has 0 saturated carbocycles. The molecule has 2 fully saturated rings. The molecule has 2 aliphatic rings. The van der Waals surface area contributed by atoms with Gasteiger partial charge in [-0.1, -0.05) is 6.92 Å². The van der Waals surface area contributed by atoms with Crippen molar-refractivity contribution >= 4 is 6.72 Å². The number of likely N-dealkylation sites (tertiary alicyclic amines) is 1. The molecule has 2 aliphatic heterocycles. The molecule has 0 N–H and O–H groups in total. The molecular formula is C10H19N2+. The summed E-state index contributed by atoms with van der Waals surface area (Å²) in [5, 5.41) is 0. The lowest BCUT2D eigenvalue weighted by atomic mass is 9.77. The SMILES string of the molecule is C=[N+]1CC[C@@]2(C)CCN(C)[C@H]2C1. The van der Waals surface area contributed by atoms with Crippen molar-refractivity contribution in [2.24, 2.45) is 5.41 Å². The Morgan fingerprint density at radius 3 is 3.00 bits per heavy atom. The molecule has 0 spiro atoms. The van der Waals surface area contributed by atoms with E-state index in [0.29, 0.717) is 5.41 Å². The van der Waals surface area contributed by atoms with E-state index < -0.39 is 0 Å². The van der Waals surface area contributed by atoms with E-state index in [1.54, 1.807) is 0 Å². The highest BCUT2D eigenvalue weighted by molar-refractivity contribution is 5.15. The van der Waals surface area contributed by atoms with Gasteiger partial charge in [-0.25, -0.2) is 4.58 Å². The van der Waals surface area contributed by atoms with Crippen LogP contribution in [0.25, 0.3) is 0 Å². The summed E-state index contributed by atoms with van der Waals surface area (Å²) in [4.78, 5) is 2.50. The molecule has 0 aliphatic carbocycles. The van der Waals surface area contributed by atoms with Crippen molar-refractivity contribution in [1.29, 1.82) is 0 Å². The lowest BCUT2D eigenvalue weighted by molar-refractivity contribution is -0.542. The average molecular weight is 167 g/mol. The minimum absolute atomic E-state index is 0.586. The van der Waals surface area contributed by atoms with Gasteiger partial charge < -0.3 is 0 Å². The number of hydrogen-bond donors (Lipinski definition) is 0. The van der Waals surface area contributed by atoms with Gasteiger partial charge in [0.15, 0.2) is 6.54 Å². The molecule has 68 valence electrons. The number of nitrogens with zero attached hydrogens (tertiary/aromatic N) is 2. The second kappa shape index (κ2) is 2.56. The van der Waals surface area contributed by atoms with Crippen LogP contribution in [0.15, 0.2) is 0 Å². The molecule has 2 rings (SSSR count). The van der Waals surface area contributed by atoms with Crippen molar-refractivity contribution in [3.8, 4) is 0 Å². The van der Waals surface area contributed by atoms with Gasteiger partial charge >= 0.3 is 0 Å². The summed E-state index contributed by atoms with van der Waals surface area (Å²) in [5.41, 5.74) is 0.586. The molecular weight excluding hydrogens is 148 g/mol. The molecule has 2 nitrogen and oxygen atoms in total. The van der Waals surface area contributed by atoms with Gasteiger partial charge in [-0.05, 0) is 25.4 Å². The highest BCUT2D eigenvalue weighted by atomic mass is 15.2. The number of hydrogen-bond acceptors (Lipinski definition) is 1. The topological polar surface area (TPSA) is 6.25 Å². The maximum Gasteiger partial charge on any atom is 0.158 e. The van der Waals surface area contributed by atoms with E-state index in [4.69, 9.17) is 0 Å². The third-order valence-electron chi connectivity index (χ3n) is 3.80. The zero-order chi connectivity index (χ0) is 8.77. The van der Waals surface area contributed by atoms with Crippen LogP contribution in [0.3, 0.4) is 0 Å². The van der Waals surface area contributed by atoms with Gasteiger partial charge in [0.2, 0.25) is 0 Å². The number of likely N-dealkylation sites (N-methyl/N-ethyl adjacent to an activating group) is 1. The van der Waals surface area contributed by atoms with Gasteiger partial charge in [-0.2, -0.15) is 0 Å². The fourth-order valence-electron chi connectivity index (χ4n) is 2.69. The smallest absolute Gasteiger partial charge is 0.158 e. The average Bonchev–Trinajstić information content (AvgIpc) is 2.31. The fraction of sp³-hybridized carbons (Fsp3) is 0.900. The summed E-state index contributed by atoms with van der Waals surface area (Å²) in [7, 11) is 2.25. The summed E-state index contributed by atoms with van der Waals surface area (Å²) in [6, 6.07) is 0.753. The quantitative estimate of drug-likeness (QED) is 0.484. The summed E-state index contributed by atoms with van der Waals surface area (Å²) >= 11 is 0. The van der Waals surface area contributed by atoms with Crippen LogP contribution in [0.5, 0.6) is 0 Å². The predicted octanol–water partition coefficient (Wildman–Crippen LogP) is 0.814. The molecule has 0 aromatic heterocycles. The normalized spacial score (nSPS) is 43.2. The van der Waals surface area contributed by atoms with Gasteiger partial charge in [0.1, 0.15) is 13.3 Å². The molecule has 0 radical (unpaired) electrons. The van der Waals surface area contributed by atoms with E-state index in [0.717, 1.165) is 12.6 Å². The van der Waals surface area contributed by atoms with Crippen molar-refractivity contribution < 1.29 is 4.58 Å². The molecule has 0 bridgehead atoms. The molecule has 0 aromatic rings. The van der Waals surface area contributed by atoms with Crippen LogP contribution in [0.4, 0.5) is 0 Å². The van der Waals surface area contributed by atoms with Crippen molar-refractivity contribution in [3.63, 3.8) is 0 Å². The molecule has 12 heavy (non-hydrogen) atoms. The lowest BCUT2D eigenvalue weighted by Gasteiger charge is -2.35. The van der Waals surface area contributed by atoms with E-state index in [9.17, 15) is 0 Å². The highest BCUT2D eigenvalue weighted by Gasteiger charge is 2.47. The molecule has 0 unspecified atom stereocenters. The van der Waals surface area contributed by atoms with Gasteiger partial charge in [0, 0.05) is 6.42 Å². The maximum absolute atomic E-state index is 4.03. The standard InChI is InChI=1S/C10H19N2/c1-10-4-6-11(2)8-9(10)12(3)7-5-10/h9H,2,4-8H2,1,3H3/q+1/t9-,10-/m0/s1. The Kier molecular flexibility index (Phi) is 1.76. The maximum atomic E-state index is 4.03. The minimum atomic E-state index is 0.586. The van der Waals surface area contributed by atoms with Gasteiger partial charge in [0.05, 0.1) is 6.04 Å². The first-order valence-corrected chi connectivity index (χ1v) is 4.87. The minimum Gasteiger partial charge on any atom is -0.297 e. The van der Waals surface area contributed by atoms with Crippen molar-refractivity contribution in [1.82, 2.24) is 4.90 Å². The molecule has 2 heteroatoms. The van der Waals surface area contributed by atoms with Crippen LogP contribution in [0, 0.1) is 5.41 Å². The molecule has 2 saturated heterocycles. The zero-order valence-corrected chi connectivity index (χ0v) is 8.21. The summed E-state index contributed by atoms with van der Waals surface area (Å²) < 4.78 is 2.22. The first-order valence-electron chi connectivity index (χ1n) is 4.87. The third kappa shape index (κ3) is 1.09. The second-order valence-electron chi connectivity index (χ2n) is 4.73. The highest BCUT2D eigenvalue weighted by Crippen LogP contribution is 2.40. The van der Waals surface area contributed by atoms with Crippen molar-refractivity contribution in [2.45, 2.75) is 25.8 Å². The van der Waals surface area contributed by atoms with E-state index in [1.165, 1.54) is 25.9 Å². The van der Waals surface area contributed by atoms with E-state index in [1.807, 2.05) is 0 Å². The number of rotatable bonds is 0. The van der Waals surface area contributed by atoms with Crippen LogP contribution in [-0.4, -0.2) is 48.9 Å². The van der Waals surface area contributed by atoms with E-state index >= 15 is 0 Å². The summed E-state index contributed by atoms with van der Waals surface area (Å²) in [6.45, 7) is 10.1. The Morgan fingerprint density at radius 2 is 2.25 bits per heavy atom.